The molecule has 0 unspecified atom stereocenters. The summed E-state index contributed by atoms with van der Waals surface area (Å²) in [6.07, 6.45) is 1.37. The van der Waals surface area contributed by atoms with Crippen molar-refractivity contribution in [1.29, 1.82) is 0 Å². The fraction of sp³-hybridized carbons (Fsp3) is 0. The van der Waals surface area contributed by atoms with Crippen molar-refractivity contribution in [3.63, 3.8) is 0 Å². The Morgan fingerprint density at radius 2 is 1.80 bits per heavy atom. The summed E-state index contributed by atoms with van der Waals surface area (Å²) in [5.41, 5.74) is 1.35. The minimum Gasteiger partial charge on any atom is -0.475 e. The lowest BCUT2D eigenvalue weighted by atomic mass is 10.2. The van der Waals surface area contributed by atoms with Gasteiger partial charge in [0.05, 0.1) is 11.9 Å². The first kappa shape index (κ1) is 12.2. The smallest absolute Gasteiger partial charge is 0.373 e. The maximum Gasteiger partial charge on any atom is 0.373 e. The monoisotopic (exact) mass is 271 g/mol. The Morgan fingerprint density at radius 3 is 2.50 bits per heavy atom. The second-order valence-corrected chi connectivity index (χ2v) is 4.21. The summed E-state index contributed by atoms with van der Waals surface area (Å²) in [5, 5.41) is 9.09. The van der Waals surface area contributed by atoms with Gasteiger partial charge in [0.25, 0.3) is 0 Å². The van der Waals surface area contributed by atoms with E-state index in [0.29, 0.717) is 17.1 Å². The number of para-hydroxylation sites is 2. The van der Waals surface area contributed by atoms with Crippen LogP contribution in [0.25, 0.3) is 0 Å². The highest BCUT2D eigenvalue weighted by atomic mass is 19.1. The zero-order chi connectivity index (χ0) is 14.1. The number of carboxylic acid groups (broad SMARTS) is 1. The van der Waals surface area contributed by atoms with E-state index in [1.807, 2.05) is 6.07 Å². The number of rotatable bonds is 2. The summed E-state index contributed by atoms with van der Waals surface area (Å²) < 4.78 is 18.3. The van der Waals surface area contributed by atoms with Crippen LogP contribution in [0.3, 0.4) is 0 Å². The van der Waals surface area contributed by atoms with Crippen LogP contribution in [-0.4, -0.2) is 11.1 Å². The molecule has 0 saturated carbocycles. The molecule has 2 aromatic carbocycles. The van der Waals surface area contributed by atoms with Gasteiger partial charge in [-0.2, -0.15) is 0 Å². The molecule has 0 spiro atoms. The van der Waals surface area contributed by atoms with Gasteiger partial charge in [-0.05, 0) is 36.4 Å². The third-order valence-electron chi connectivity index (χ3n) is 2.91. The number of benzene rings is 2. The molecule has 0 amide bonds. The predicted octanol–water partition coefficient (Wildman–Crippen LogP) is 3.28. The number of fused-ring (bicyclic) bond motifs is 1. The maximum absolute atomic E-state index is 13.0. The number of ether oxygens (including phenoxy) is 1. The van der Waals surface area contributed by atoms with Gasteiger partial charge in [-0.3, -0.25) is 0 Å². The quantitative estimate of drug-likeness (QED) is 0.910. The van der Waals surface area contributed by atoms with Gasteiger partial charge in [0.2, 0.25) is 5.76 Å². The molecule has 3 rings (SSSR count). The van der Waals surface area contributed by atoms with Gasteiger partial charge in [0.15, 0.2) is 5.75 Å². The summed E-state index contributed by atoms with van der Waals surface area (Å²) >= 11 is 0. The maximum atomic E-state index is 13.0. The molecule has 1 N–H and O–H groups in total. The molecule has 100 valence electrons. The highest BCUT2D eigenvalue weighted by Gasteiger charge is 2.23. The lowest BCUT2D eigenvalue weighted by molar-refractivity contribution is -0.135. The molecule has 0 bridgehead atoms. The number of hydrogen-bond acceptors (Lipinski definition) is 3. The Morgan fingerprint density at radius 1 is 1.10 bits per heavy atom. The summed E-state index contributed by atoms with van der Waals surface area (Å²) in [6, 6.07) is 12.9. The third-order valence-corrected chi connectivity index (χ3v) is 2.91. The molecule has 2 aromatic rings. The van der Waals surface area contributed by atoms with E-state index in [9.17, 15) is 9.18 Å². The molecule has 0 radical (unpaired) electrons. The first-order valence-corrected chi connectivity index (χ1v) is 5.92. The molecule has 0 aromatic heterocycles. The van der Waals surface area contributed by atoms with Crippen LogP contribution in [0.2, 0.25) is 0 Å². The van der Waals surface area contributed by atoms with E-state index in [1.165, 1.54) is 18.3 Å². The van der Waals surface area contributed by atoms with E-state index in [4.69, 9.17) is 9.84 Å². The molecular weight excluding hydrogens is 261 g/mol. The van der Waals surface area contributed by atoms with Gasteiger partial charge < -0.3 is 14.7 Å². The number of nitrogens with zero attached hydrogens (tertiary/aromatic N) is 1. The summed E-state index contributed by atoms with van der Waals surface area (Å²) in [7, 11) is 0. The Kier molecular flexibility index (Phi) is 2.87. The average Bonchev–Trinajstić information content (AvgIpc) is 2.47. The van der Waals surface area contributed by atoms with Crippen LogP contribution in [0.4, 0.5) is 15.8 Å². The van der Waals surface area contributed by atoms with Crippen molar-refractivity contribution in [3.8, 4) is 5.75 Å². The van der Waals surface area contributed by atoms with Crippen molar-refractivity contribution in [3.05, 3.63) is 66.3 Å². The summed E-state index contributed by atoms with van der Waals surface area (Å²) in [6.45, 7) is 0. The second kappa shape index (κ2) is 4.70. The number of halogens is 1. The highest BCUT2D eigenvalue weighted by Crippen LogP contribution is 2.38. The van der Waals surface area contributed by atoms with E-state index in [-0.39, 0.29) is 11.6 Å². The number of hydrogen-bond donors (Lipinski definition) is 1. The molecule has 4 nitrogen and oxygen atoms in total. The number of anilines is 2. The van der Waals surface area contributed by atoms with Crippen molar-refractivity contribution in [2.24, 2.45) is 0 Å². The van der Waals surface area contributed by atoms with Gasteiger partial charge in [-0.25, -0.2) is 9.18 Å². The van der Waals surface area contributed by atoms with E-state index in [0.717, 1.165) is 0 Å². The van der Waals surface area contributed by atoms with Gasteiger partial charge in [0, 0.05) is 5.69 Å². The molecule has 5 heteroatoms. The van der Waals surface area contributed by atoms with E-state index >= 15 is 0 Å². The Hall–Kier alpha value is -2.82. The SMILES string of the molecule is O=C(O)C1=CN(c2ccc(F)cc2)c2ccccc2O1. The van der Waals surface area contributed by atoms with Crippen LogP contribution in [0.1, 0.15) is 0 Å². The van der Waals surface area contributed by atoms with E-state index in [2.05, 4.69) is 0 Å². The normalized spacial score (nSPS) is 13.2. The second-order valence-electron chi connectivity index (χ2n) is 4.21. The molecule has 0 saturated heterocycles. The van der Waals surface area contributed by atoms with Crippen molar-refractivity contribution in [2.75, 3.05) is 4.90 Å². The van der Waals surface area contributed by atoms with Gasteiger partial charge in [-0.15, -0.1) is 0 Å². The fourth-order valence-electron chi connectivity index (χ4n) is 1.99. The first-order valence-electron chi connectivity index (χ1n) is 5.92. The Labute approximate surface area is 114 Å². The van der Waals surface area contributed by atoms with Crippen LogP contribution >= 0.6 is 0 Å². The van der Waals surface area contributed by atoms with Crippen LogP contribution in [0.15, 0.2) is 60.5 Å². The molecular formula is C15H10FNO3. The van der Waals surface area contributed by atoms with Crippen LogP contribution in [-0.2, 0) is 4.79 Å². The molecule has 1 aliphatic rings. The lowest BCUT2D eigenvalue weighted by Gasteiger charge is -2.27. The zero-order valence-electron chi connectivity index (χ0n) is 10.3. The fourth-order valence-corrected chi connectivity index (χ4v) is 1.99. The third kappa shape index (κ3) is 2.09. The number of carbonyl (C=O) groups is 1. The molecule has 0 aliphatic carbocycles. The van der Waals surface area contributed by atoms with Crippen molar-refractivity contribution in [1.82, 2.24) is 0 Å². The van der Waals surface area contributed by atoms with Crippen molar-refractivity contribution in [2.45, 2.75) is 0 Å². The molecule has 1 aliphatic heterocycles. The summed E-state index contributed by atoms with van der Waals surface area (Å²) in [4.78, 5) is 12.8. The average molecular weight is 271 g/mol. The molecule has 0 atom stereocenters. The molecule has 1 heterocycles. The lowest BCUT2D eigenvalue weighted by Crippen LogP contribution is -2.21. The van der Waals surface area contributed by atoms with Gasteiger partial charge >= 0.3 is 5.97 Å². The Balaban J connectivity index is 2.12. The summed E-state index contributed by atoms with van der Waals surface area (Å²) in [5.74, 6) is -1.26. The van der Waals surface area contributed by atoms with Crippen LogP contribution in [0, 0.1) is 5.82 Å². The first-order chi connectivity index (χ1) is 9.65. The zero-order valence-corrected chi connectivity index (χ0v) is 10.3. The van der Waals surface area contributed by atoms with E-state index in [1.54, 1.807) is 35.2 Å². The van der Waals surface area contributed by atoms with E-state index < -0.39 is 5.97 Å². The standard InChI is InChI=1S/C15H10FNO3/c16-10-5-7-11(8-6-10)17-9-14(15(18)19)20-13-4-2-1-3-12(13)17/h1-9H,(H,18,19). The topological polar surface area (TPSA) is 49.8 Å². The van der Waals surface area contributed by atoms with Crippen molar-refractivity contribution < 1.29 is 19.0 Å². The largest absolute Gasteiger partial charge is 0.475 e. The number of carboxylic acids is 1. The minimum atomic E-state index is -1.16. The Bertz CT molecular complexity index is 695. The minimum absolute atomic E-state index is 0.187. The molecule has 20 heavy (non-hydrogen) atoms. The van der Waals surface area contributed by atoms with Crippen LogP contribution < -0.4 is 9.64 Å². The highest BCUT2D eigenvalue weighted by molar-refractivity contribution is 5.88. The van der Waals surface area contributed by atoms with Crippen molar-refractivity contribution >= 4 is 17.3 Å². The van der Waals surface area contributed by atoms with Gasteiger partial charge in [0.1, 0.15) is 5.82 Å². The van der Waals surface area contributed by atoms with Crippen LogP contribution in [0.5, 0.6) is 5.75 Å². The molecule has 0 fully saturated rings. The predicted molar refractivity (Wildman–Crippen MR) is 71.3 cm³/mol. The number of aliphatic carboxylic acids is 1. The van der Waals surface area contributed by atoms with Gasteiger partial charge in [-0.1, -0.05) is 12.1 Å².